The number of aromatic nitrogens is 4. The lowest BCUT2D eigenvalue weighted by Gasteiger charge is -2.11. The van der Waals surface area contributed by atoms with E-state index >= 15 is 0 Å². The first-order valence-corrected chi connectivity index (χ1v) is 11.0. The van der Waals surface area contributed by atoms with Crippen LogP contribution in [0.4, 0.5) is 0 Å². The Hall–Kier alpha value is -4.13. The van der Waals surface area contributed by atoms with Crippen LogP contribution in [-0.2, 0) is 24.4 Å². The summed E-state index contributed by atoms with van der Waals surface area (Å²) in [6.07, 6.45) is 2.13. The molecule has 0 fully saturated rings. The van der Waals surface area contributed by atoms with Crippen molar-refractivity contribution in [2.24, 2.45) is 0 Å². The van der Waals surface area contributed by atoms with E-state index in [0.717, 1.165) is 33.5 Å². The van der Waals surface area contributed by atoms with Crippen LogP contribution < -0.4 is 10.1 Å². The van der Waals surface area contributed by atoms with Crippen LogP contribution in [0.15, 0.2) is 79.0 Å². The number of rotatable bonds is 8. The van der Waals surface area contributed by atoms with E-state index in [4.69, 9.17) is 9.72 Å². The summed E-state index contributed by atoms with van der Waals surface area (Å²) in [6, 6.07) is 24.1. The number of methoxy groups -OCH3 is 1. The molecular weight excluding hydrogens is 414 g/mol. The first-order valence-electron chi connectivity index (χ1n) is 11.0. The van der Waals surface area contributed by atoms with Crippen molar-refractivity contribution in [3.63, 3.8) is 0 Å². The highest BCUT2D eigenvalue weighted by molar-refractivity contribution is 5.81. The summed E-state index contributed by atoms with van der Waals surface area (Å²) in [5.74, 6) is 1.59. The first kappa shape index (κ1) is 20.8. The number of benzene rings is 3. The average Bonchev–Trinajstić information content (AvgIpc) is 3.42. The summed E-state index contributed by atoms with van der Waals surface area (Å²) < 4.78 is 9.28. The molecule has 5 rings (SSSR count). The fourth-order valence-corrected chi connectivity index (χ4v) is 4.05. The van der Waals surface area contributed by atoms with Gasteiger partial charge in [0.1, 0.15) is 11.6 Å². The number of hydrogen-bond donors (Lipinski definition) is 1. The summed E-state index contributed by atoms with van der Waals surface area (Å²) in [7, 11) is 1.64. The summed E-state index contributed by atoms with van der Waals surface area (Å²) in [5.41, 5.74) is 4.16. The van der Waals surface area contributed by atoms with Gasteiger partial charge in [-0.1, -0.05) is 42.5 Å². The van der Waals surface area contributed by atoms with Gasteiger partial charge in [0.2, 0.25) is 5.91 Å². The van der Waals surface area contributed by atoms with Crippen LogP contribution >= 0.6 is 0 Å². The molecule has 2 aromatic heterocycles. The van der Waals surface area contributed by atoms with Gasteiger partial charge in [-0.05, 0) is 35.9 Å². The molecule has 2 heterocycles. The predicted molar refractivity (Wildman–Crippen MR) is 128 cm³/mol. The highest BCUT2D eigenvalue weighted by Crippen LogP contribution is 2.21. The number of carbonyl (C=O) groups excluding carboxylic acids is 1. The Bertz CT molecular complexity index is 1400. The number of nitrogens with one attached hydrogen (secondary N) is 1. The SMILES string of the molecule is COc1ccc2c(cnn2CCC(=O)NCc2nc3ccccc3n2Cc2ccccc2)c1. The molecule has 33 heavy (non-hydrogen) atoms. The van der Waals surface area contributed by atoms with Crippen molar-refractivity contribution in [2.45, 2.75) is 26.1 Å². The molecule has 0 spiro atoms. The van der Waals surface area contributed by atoms with Crippen molar-refractivity contribution in [1.82, 2.24) is 24.6 Å². The second-order valence-electron chi connectivity index (χ2n) is 7.91. The number of hydrogen-bond acceptors (Lipinski definition) is 4. The summed E-state index contributed by atoms with van der Waals surface area (Å²) >= 11 is 0. The smallest absolute Gasteiger partial charge is 0.222 e. The zero-order valence-electron chi connectivity index (χ0n) is 18.4. The van der Waals surface area contributed by atoms with Gasteiger partial charge in [-0.25, -0.2) is 4.98 Å². The molecule has 1 amide bonds. The van der Waals surface area contributed by atoms with Crippen molar-refractivity contribution in [2.75, 3.05) is 7.11 Å². The molecule has 166 valence electrons. The van der Waals surface area contributed by atoms with Crippen molar-refractivity contribution in [1.29, 1.82) is 0 Å². The molecule has 0 saturated carbocycles. The maximum Gasteiger partial charge on any atom is 0.222 e. The fourth-order valence-electron chi connectivity index (χ4n) is 4.05. The van der Waals surface area contributed by atoms with Gasteiger partial charge in [0.05, 0.1) is 42.9 Å². The van der Waals surface area contributed by atoms with Gasteiger partial charge in [0.25, 0.3) is 0 Å². The monoisotopic (exact) mass is 439 g/mol. The van der Waals surface area contributed by atoms with Crippen LogP contribution in [0, 0.1) is 0 Å². The molecule has 0 atom stereocenters. The third kappa shape index (κ3) is 4.43. The van der Waals surface area contributed by atoms with Gasteiger partial charge in [-0.3, -0.25) is 9.48 Å². The molecule has 0 aliphatic heterocycles. The van der Waals surface area contributed by atoms with Crippen LogP contribution in [0.3, 0.4) is 0 Å². The summed E-state index contributed by atoms with van der Waals surface area (Å²) in [6.45, 7) is 1.58. The number of imidazole rings is 1. The quantitative estimate of drug-likeness (QED) is 0.394. The van der Waals surface area contributed by atoms with Gasteiger partial charge in [0.15, 0.2) is 0 Å². The molecule has 0 radical (unpaired) electrons. The molecule has 0 bridgehead atoms. The highest BCUT2D eigenvalue weighted by Gasteiger charge is 2.13. The normalized spacial score (nSPS) is 11.2. The summed E-state index contributed by atoms with van der Waals surface area (Å²) in [4.78, 5) is 17.4. The average molecular weight is 440 g/mol. The molecule has 0 aliphatic carbocycles. The molecule has 7 nitrogen and oxygen atoms in total. The largest absolute Gasteiger partial charge is 0.497 e. The highest BCUT2D eigenvalue weighted by atomic mass is 16.5. The Morgan fingerprint density at radius 1 is 1.00 bits per heavy atom. The fraction of sp³-hybridized carbons (Fsp3) is 0.192. The minimum atomic E-state index is -0.0366. The van der Waals surface area contributed by atoms with Crippen molar-refractivity contribution in [3.8, 4) is 5.75 Å². The minimum Gasteiger partial charge on any atom is -0.497 e. The van der Waals surface area contributed by atoms with Gasteiger partial charge in [0, 0.05) is 18.4 Å². The summed E-state index contributed by atoms with van der Waals surface area (Å²) in [5, 5.41) is 8.44. The number of aryl methyl sites for hydroxylation is 1. The number of amides is 1. The van der Waals surface area contributed by atoms with Crippen molar-refractivity contribution < 1.29 is 9.53 Å². The molecule has 0 unspecified atom stereocenters. The Labute approximate surface area is 191 Å². The van der Waals surface area contributed by atoms with Crippen LogP contribution in [0.25, 0.3) is 21.9 Å². The second kappa shape index (κ2) is 9.16. The van der Waals surface area contributed by atoms with Crippen LogP contribution in [0.5, 0.6) is 5.75 Å². The number of fused-ring (bicyclic) bond motifs is 2. The van der Waals surface area contributed by atoms with Crippen LogP contribution in [0.1, 0.15) is 17.8 Å². The van der Waals surface area contributed by atoms with Gasteiger partial charge in [-0.2, -0.15) is 5.10 Å². The zero-order chi connectivity index (χ0) is 22.6. The van der Waals surface area contributed by atoms with E-state index in [1.807, 2.05) is 59.3 Å². The number of carbonyl (C=O) groups is 1. The molecule has 3 aromatic carbocycles. The Balaban J connectivity index is 1.27. The van der Waals surface area contributed by atoms with E-state index in [9.17, 15) is 4.79 Å². The number of para-hydroxylation sites is 2. The minimum absolute atomic E-state index is 0.0366. The Morgan fingerprint density at radius 3 is 2.67 bits per heavy atom. The Kier molecular flexibility index (Phi) is 5.76. The molecule has 1 N–H and O–H groups in total. The molecule has 7 heteroatoms. The van der Waals surface area contributed by atoms with Crippen molar-refractivity contribution >= 4 is 27.8 Å². The van der Waals surface area contributed by atoms with E-state index < -0.39 is 0 Å². The molecular formula is C26H25N5O2. The van der Waals surface area contributed by atoms with Gasteiger partial charge in [-0.15, -0.1) is 0 Å². The van der Waals surface area contributed by atoms with Gasteiger partial charge < -0.3 is 14.6 Å². The van der Waals surface area contributed by atoms with Crippen LogP contribution in [-0.4, -0.2) is 32.3 Å². The molecule has 0 saturated heterocycles. The van der Waals surface area contributed by atoms with E-state index in [1.165, 1.54) is 5.56 Å². The van der Waals surface area contributed by atoms with Gasteiger partial charge >= 0.3 is 0 Å². The zero-order valence-corrected chi connectivity index (χ0v) is 18.4. The molecule has 5 aromatic rings. The number of ether oxygens (including phenoxy) is 1. The number of nitrogens with zero attached hydrogens (tertiary/aromatic N) is 4. The predicted octanol–water partition coefficient (Wildman–Crippen LogP) is 4.15. The standard InChI is InChI=1S/C26H25N5O2/c1-33-21-11-12-23-20(15-21)16-28-31(23)14-13-26(32)27-17-25-29-22-9-5-6-10-24(22)30(25)18-19-7-3-2-4-8-19/h2-12,15-16H,13-14,17-18H2,1H3,(H,27,32). The third-order valence-corrected chi connectivity index (χ3v) is 5.76. The first-order chi connectivity index (χ1) is 16.2. The van der Waals surface area contributed by atoms with Crippen LogP contribution in [0.2, 0.25) is 0 Å². The maximum atomic E-state index is 12.6. The third-order valence-electron chi connectivity index (χ3n) is 5.76. The van der Waals surface area contributed by atoms with Crippen molar-refractivity contribution in [3.05, 3.63) is 90.4 Å². The van der Waals surface area contributed by atoms with E-state index in [1.54, 1.807) is 13.3 Å². The lowest BCUT2D eigenvalue weighted by atomic mass is 10.2. The molecule has 0 aliphatic rings. The Morgan fingerprint density at radius 2 is 1.82 bits per heavy atom. The van der Waals surface area contributed by atoms with E-state index in [2.05, 4.69) is 33.2 Å². The topological polar surface area (TPSA) is 74.0 Å². The van der Waals surface area contributed by atoms with E-state index in [0.29, 0.717) is 26.1 Å². The maximum absolute atomic E-state index is 12.6. The lowest BCUT2D eigenvalue weighted by Crippen LogP contribution is -2.26. The second-order valence-corrected chi connectivity index (χ2v) is 7.91. The lowest BCUT2D eigenvalue weighted by molar-refractivity contribution is -0.121. The van der Waals surface area contributed by atoms with E-state index in [-0.39, 0.29) is 5.91 Å².